The monoisotopic (exact) mass is 378 g/mol. The number of ether oxygens (including phenoxy) is 3. The van der Waals surface area contributed by atoms with E-state index in [0.29, 0.717) is 11.1 Å². The van der Waals surface area contributed by atoms with Gasteiger partial charge in [-0.1, -0.05) is 12.7 Å². The molecular weight excluding hydrogens is 352 g/mol. The molecule has 2 fully saturated rings. The summed E-state index contributed by atoms with van der Waals surface area (Å²) in [5.41, 5.74) is -0.206. The third kappa shape index (κ3) is 3.59. The van der Waals surface area contributed by atoms with Crippen molar-refractivity contribution < 1.29 is 34.0 Å². The van der Waals surface area contributed by atoms with Gasteiger partial charge in [0.15, 0.2) is 0 Å². The van der Waals surface area contributed by atoms with Gasteiger partial charge in [-0.05, 0) is 39.3 Å². The second-order valence-electron chi connectivity index (χ2n) is 7.77. The van der Waals surface area contributed by atoms with Gasteiger partial charge < -0.3 is 24.4 Å². The van der Waals surface area contributed by atoms with Crippen molar-refractivity contribution in [2.24, 2.45) is 5.92 Å². The quantitative estimate of drug-likeness (QED) is 0.322. The first-order valence-corrected chi connectivity index (χ1v) is 9.04. The van der Waals surface area contributed by atoms with Gasteiger partial charge in [-0.2, -0.15) is 0 Å². The van der Waals surface area contributed by atoms with E-state index in [0.717, 1.165) is 0 Å². The number of hydrogen-bond acceptors (Lipinski definition) is 7. The van der Waals surface area contributed by atoms with Gasteiger partial charge in [0.05, 0.1) is 11.5 Å². The highest BCUT2D eigenvalue weighted by Gasteiger charge is 2.58. The van der Waals surface area contributed by atoms with Gasteiger partial charge in [0.1, 0.15) is 30.5 Å². The van der Waals surface area contributed by atoms with Crippen LogP contribution < -0.4 is 0 Å². The lowest BCUT2D eigenvalue weighted by Crippen LogP contribution is -2.45. The van der Waals surface area contributed by atoms with Crippen LogP contribution in [0.4, 0.5) is 0 Å². The van der Waals surface area contributed by atoms with Crippen molar-refractivity contribution in [2.45, 2.75) is 70.2 Å². The van der Waals surface area contributed by atoms with Crippen LogP contribution in [0.5, 0.6) is 0 Å². The van der Waals surface area contributed by atoms with E-state index in [1.165, 1.54) is 0 Å². The summed E-state index contributed by atoms with van der Waals surface area (Å²) in [5.74, 6) is -1.77. The Morgan fingerprint density at radius 1 is 1.48 bits per heavy atom. The molecule has 148 valence electrons. The van der Waals surface area contributed by atoms with Gasteiger partial charge in [-0.15, -0.1) is 0 Å². The molecule has 0 radical (unpaired) electrons. The van der Waals surface area contributed by atoms with Crippen LogP contribution in [0.2, 0.25) is 0 Å². The molecule has 0 amide bonds. The summed E-state index contributed by atoms with van der Waals surface area (Å²) in [6.45, 7) is 10.4. The number of epoxide rings is 1. The minimum Gasteiger partial charge on any atom is -0.458 e. The molecule has 7 nitrogen and oxygen atoms in total. The van der Waals surface area contributed by atoms with Crippen molar-refractivity contribution in [3.05, 3.63) is 35.5 Å². The largest absolute Gasteiger partial charge is 0.458 e. The first-order valence-electron chi connectivity index (χ1n) is 9.04. The molecule has 0 saturated carbocycles. The zero-order valence-electron chi connectivity index (χ0n) is 16.0. The number of hydrogen-bond donors (Lipinski definition) is 2. The first-order chi connectivity index (χ1) is 12.6. The molecular formula is C20H26O7. The zero-order valence-corrected chi connectivity index (χ0v) is 16.0. The molecule has 3 aliphatic rings. The molecule has 1 aliphatic carbocycles. The van der Waals surface area contributed by atoms with Crippen molar-refractivity contribution in [1.29, 1.82) is 0 Å². The van der Waals surface area contributed by atoms with Crippen molar-refractivity contribution in [3.63, 3.8) is 0 Å². The van der Waals surface area contributed by atoms with Crippen LogP contribution in [0.3, 0.4) is 0 Å². The lowest BCUT2D eigenvalue weighted by Gasteiger charge is -2.33. The normalized spacial score (nSPS) is 43.8. The van der Waals surface area contributed by atoms with Gasteiger partial charge in [0.25, 0.3) is 0 Å². The molecule has 2 saturated heterocycles. The minimum absolute atomic E-state index is 0.0212. The number of aliphatic hydroxyl groups excluding tert-OH is 1. The number of rotatable bonds is 2. The molecule has 7 atom stereocenters. The fourth-order valence-electron chi connectivity index (χ4n) is 3.78. The van der Waals surface area contributed by atoms with Crippen molar-refractivity contribution in [3.8, 4) is 0 Å². The smallest absolute Gasteiger partial charge is 0.334 e. The van der Waals surface area contributed by atoms with Gasteiger partial charge in [0.2, 0.25) is 0 Å². The Hall–Kier alpha value is -1.96. The summed E-state index contributed by atoms with van der Waals surface area (Å²) < 4.78 is 16.6. The Morgan fingerprint density at radius 2 is 2.15 bits per heavy atom. The molecule has 2 aliphatic heterocycles. The van der Waals surface area contributed by atoms with Gasteiger partial charge in [-0.3, -0.25) is 0 Å². The maximum Gasteiger partial charge on any atom is 0.334 e. The Balaban J connectivity index is 2.01. The average Bonchev–Trinajstić information content (AvgIpc) is 3.35. The molecule has 2 heterocycles. The van der Waals surface area contributed by atoms with Gasteiger partial charge in [0, 0.05) is 17.6 Å². The van der Waals surface area contributed by atoms with Crippen LogP contribution in [0.15, 0.2) is 35.5 Å². The lowest BCUT2D eigenvalue weighted by molar-refractivity contribution is -0.151. The molecule has 0 aromatic heterocycles. The van der Waals surface area contributed by atoms with Crippen LogP contribution in [-0.2, 0) is 23.8 Å². The minimum atomic E-state index is -1.37. The number of aliphatic hydroxyl groups is 2. The van der Waals surface area contributed by atoms with E-state index in [1.807, 2.05) is 0 Å². The fourth-order valence-corrected chi connectivity index (χ4v) is 3.78. The predicted octanol–water partition coefficient (Wildman–Crippen LogP) is 1.19. The van der Waals surface area contributed by atoms with Crippen molar-refractivity contribution in [1.82, 2.24) is 0 Å². The predicted molar refractivity (Wildman–Crippen MR) is 95.5 cm³/mol. The fraction of sp³-hybridized carbons (Fsp3) is 0.600. The van der Waals surface area contributed by atoms with Gasteiger partial charge in [-0.25, -0.2) is 9.59 Å². The van der Waals surface area contributed by atoms with Crippen LogP contribution >= 0.6 is 0 Å². The van der Waals surface area contributed by atoms with Gasteiger partial charge >= 0.3 is 11.9 Å². The molecule has 0 spiro atoms. The number of carbonyl (C=O) groups excluding carboxylic acids is 2. The molecule has 0 aromatic rings. The third-order valence-electron chi connectivity index (χ3n) is 5.63. The second kappa shape index (κ2) is 6.89. The van der Waals surface area contributed by atoms with Crippen LogP contribution in [0.1, 0.15) is 34.1 Å². The first kappa shape index (κ1) is 19.8. The SMILES string of the molecule is C=C1C(=O)O[C@H]2/C=C(/C)[C@@H](O)[C@H]3O[C@H]3[C@](C)(O)C[C@H](OC(=O)/C(C)=C\C)[C@@H]12. The third-order valence-corrected chi connectivity index (χ3v) is 5.63. The maximum atomic E-state index is 12.4. The van der Waals surface area contributed by atoms with Crippen LogP contribution in [0, 0.1) is 5.92 Å². The Kier molecular flexibility index (Phi) is 5.05. The highest BCUT2D eigenvalue weighted by atomic mass is 16.6. The zero-order chi connectivity index (χ0) is 20.1. The maximum absolute atomic E-state index is 12.4. The summed E-state index contributed by atoms with van der Waals surface area (Å²) in [6, 6.07) is 0. The number of fused-ring (bicyclic) bond motifs is 2. The average molecular weight is 378 g/mol. The Labute approximate surface area is 158 Å². The summed E-state index contributed by atoms with van der Waals surface area (Å²) in [4.78, 5) is 24.5. The van der Waals surface area contributed by atoms with Crippen LogP contribution in [-0.4, -0.2) is 58.3 Å². The lowest BCUT2D eigenvalue weighted by atomic mass is 9.80. The van der Waals surface area contributed by atoms with E-state index in [1.54, 1.807) is 39.8 Å². The van der Waals surface area contributed by atoms with E-state index in [-0.39, 0.29) is 12.0 Å². The second-order valence-corrected chi connectivity index (χ2v) is 7.77. The number of esters is 2. The molecule has 0 aromatic carbocycles. The summed E-state index contributed by atoms with van der Waals surface area (Å²) in [6.07, 6.45) is -0.349. The van der Waals surface area contributed by atoms with E-state index < -0.39 is 54.0 Å². The van der Waals surface area contributed by atoms with E-state index in [4.69, 9.17) is 14.2 Å². The standard InChI is InChI=1S/C20H26O7/c1-6-9(2)18(22)26-13-8-20(5,24)17-16(27-17)15(21)10(3)7-12-14(13)11(4)19(23)25-12/h6-7,12-17,21,24H,4,8H2,1-3,5H3/b9-6-,10-7-/t12-,13-,14-,15+,16+,17+,20+/m0/s1. The van der Waals surface area contributed by atoms with Crippen LogP contribution in [0.25, 0.3) is 0 Å². The van der Waals surface area contributed by atoms with E-state index >= 15 is 0 Å². The summed E-state index contributed by atoms with van der Waals surface area (Å²) in [7, 11) is 0. The molecule has 2 N–H and O–H groups in total. The number of allylic oxidation sites excluding steroid dienone is 1. The van der Waals surface area contributed by atoms with Crippen molar-refractivity contribution in [2.75, 3.05) is 0 Å². The highest BCUT2D eigenvalue weighted by molar-refractivity contribution is 5.92. The summed E-state index contributed by atoms with van der Waals surface area (Å²) in [5, 5.41) is 21.4. The molecule has 0 bridgehead atoms. The van der Waals surface area contributed by atoms with E-state index in [2.05, 4.69) is 6.58 Å². The molecule has 3 rings (SSSR count). The highest BCUT2D eigenvalue weighted by Crippen LogP contribution is 2.44. The molecule has 0 unspecified atom stereocenters. The summed E-state index contributed by atoms with van der Waals surface area (Å²) >= 11 is 0. The van der Waals surface area contributed by atoms with E-state index in [9.17, 15) is 19.8 Å². The molecule has 7 heteroatoms. The Morgan fingerprint density at radius 3 is 2.78 bits per heavy atom. The Bertz CT molecular complexity index is 733. The molecule has 27 heavy (non-hydrogen) atoms. The van der Waals surface area contributed by atoms with Crippen molar-refractivity contribution >= 4 is 11.9 Å². The topological polar surface area (TPSA) is 106 Å². The number of carbonyl (C=O) groups is 2.